The zero-order valence-electron chi connectivity index (χ0n) is 11.8. The number of nitrogens with one attached hydrogen (secondary N) is 1. The number of rotatable bonds is 5. The van der Waals surface area contributed by atoms with Gasteiger partial charge in [0.1, 0.15) is 0 Å². The Morgan fingerprint density at radius 3 is 2.79 bits per heavy atom. The first-order chi connectivity index (χ1) is 9.22. The number of ether oxygens (including phenoxy) is 1. The van der Waals surface area contributed by atoms with Crippen LogP contribution in [-0.2, 0) is 11.3 Å². The zero-order valence-corrected chi connectivity index (χ0v) is 12.6. The van der Waals surface area contributed by atoms with E-state index in [1.54, 1.807) is 0 Å². The van der Waals surface area contributed by atoms with Crippen molar-refractivity contribution in [2.45, 2.75) is 61.9 Å². The van der Waals surface area contributed by atoms with Gasteiger partial charge in [-0.15, -0.1) is 11.8 Å². The number of aryl methyl sites for hydroxylation is 1. The lowest BCUT2D eigenvalue weighted by Crippen LogP contribution is -2.16. The maximum absolute atomic E-state index is 5.63. The average Bonchev–Trinajstić information content (AvgIpc) is 3.13. The molecule has 19 heavy (non-hydrogen) atoms. The van der Waals surface area contributed by atoms with Crippen molar-refractivity contribution < 1.29 is 4.74 Å². The Kier molecular flexibility index (Phi) is 4.15. The third-order valence-corrected chi connectivity index (χ3v) is 5.51. The number of hydrogen-bond donors (Lipinski definition) is 1. The van der Waals surface area contributed by atoms with Crippen molar-refractivity contribution in [2.75, 3.05) is 6.61 Å². The molecule has 0 radical (unpaired) electrons. The Balaban J connectivity index is 1.61. The van der Waals surface area contributed by atoms with Crippen molar-refractivity contribution >= 4 is 11.8 Å². The molecule has 1 aromatic rings. The fraction of sp³-hybridized carbons (Fsp3) is 0.625. The smallest absolute Gasteiger partial charge is 0.0669 e. The van der Waals surface area contributed by atoms with Gasteiger partial charge < -0.3 is 10.1 Å². The Morgan fingerprint density at radius 1 is 1.32 bits per heavy atom. The summed E-state index contributed by atoms with van der Waals surface area (Å²) in [6, 6.07) is 7.67. The van der Waals surface area contributed by atoms with E-state index in [4.69, 9.17) is 4.74 Å². The normalized spacial score (nSPS) is 26.8. The quantitative estimate of drug-likeness (QED) is 0.890. The zero-order chi connectivity index (χ0) is 13.2. The van der Waals surface area contributed by atoms with E-state index in [1.165, 1.54) is 35.3 Å². The third kappa shape index (κ3) is 3.53. The van der Waals surface area contributed by atoms with Gasteiger partial charge >= 0.3 is 0 Å². The summed E-state index contributed by atoms with van der Waals surface area (Å²) in [5, 5.41) is 4.21. The van der Waals surface area contributed by atoms with Crippen LogP contribution in [0.1, 0.15) is 37.3 Å². The molecule has 0 bridgehead atoms. The van der Waals surface area contributed by atoms with Crippen molar-refractivity contribution in [3.63, 3.8) is 0 Å². The summed E-state index contributed by atoms with van der Waals surface area (Å²) in [5.41, 5.74) is 2.84. The molecule has 1 saturated carbocycles. The molecule has 0 amide bonds. The monoisotopic (exact) mass is 277 g/mol. The molecule has 2 nitrogen and oxygen atoms in total. The number of benzene rings is 1. The van der Waals surface area contributed by atoms with Crippen LogP contribution in [0.25, 0.3) is 0 Å². The van der Waals surface area contributed by atoms with Crippen molar-refractivity contribution in [1.82, 2.24) is 5.32 Å². The number of hydrogen-bond acceptors (Lipinski definition) is 3. The molecular weight excluding hydrogens is 254 g/mol. The minimum atomic E-state index is 0.390. The van der Waals surface area contributed by atoms with E-state index in [-0.39, 0.29) is 0 Å². The molecule has 1 aliphatic heterocycles. The lowest BCUT2D eigenvalue weighted by molar-refractivity contribution is 0.127. The van der Waals surface area contributed by atoms with Crippen LogP contribution in [0.3, 0.4) is 0 Å². The fourth-order valence-corrected chi connectivity index (χ4v) is 3.75. The third-order valence-electron chi connectivity index (χ3n) is 4.07. The Labute approximate surface area is 120 Å². The molecule has 3 rings (SSSR count). The molecule has 0 aromatic heterocycles. The average molecular weight is 277 g/mol. The van der Waals surface area contributed by atoms with Crippen LogP contribution in [0.15, 0.2) is 23.1 Å². The van der Waals surface area contributed by atoms with E-state index in [9.17, 15) is 0 Å². The maximum atomic E-state index is 5.63. The van der Waals surface area contributed by atoms with Gasteiger partial charge in [0.25, 0.3) is 0 Å². The van der Waals surface area contributed by atoms with Crippen LogP contribution in [0.5, 0.6) is 0 Å². The molecule has 2 aliphatic rings. The molecule has 1 aromatic carbocycles. The first-order valence-electron chi connectivity index (χ1n) is 7.33. The lowest BCUT2D eigenvalue weighted by atomic mass is 10.1. The molecule has 104 valence electrons. The predicted molar refractivity (Wildman–Crippen MR) is 80.7 cm³/mol. The van der Waals surface area contributed by atoms with Crippen LogP contribution >= 0.6 is 11.8 Å². The fourth-order valence-electron chi connectivity index (χ4n) is 2.52. The Hall–Kier alpha value is -0.510. The second-order valence-corrected chi connectivity index (χ2v) is 7.08. The minimum Gasteiger partial charge on any atom is -0.377 e. The number of thioether (sulfide) groups is 1. The Morgan fingerprint density at radius 2 is 2.16 bits per heavy atom. The summed E-state index contributed by atoms with van der Waals surface area (Å²) in [5.74, 6) is 0. The summed E-state index contributed by atoms with van der Waals surface area (Å²) in [6.45, 7) is 6.35. The first kappa shape index (κ1) is 13.5. The highest BCUT2D eigenvalue weighted by atomic mass is 32.2. The van der Waals surface area contributed by atoms with E-state index in [0.717, 1.165) is 19.2 Å². The molecule has 2 fully saturated rings. The minimum absolute atomic E-state index is 0.390. The van der Waals surface area contributed by atoms with E-state index in [0.29, 0.717) is 11.4 Å². The summed E-state index contributed by atoms with van der Waals surface area (Å²) in [7, 11) is 0. The summed E-state index contributed by atoms with van der Waals surface area (Å²) in [6.07, 6.45) is 4.27. The van der Waals surface area contributed by atoms with E-state index < -0.39 is 0 Å². The molecule has 1 heterocycles. The van der Waals surface area contributed by atoms with Crippen LogP contribution in [0, 0.1) is 6.92 Å². The van der Waals surface area contributed by atoms with Gasteiger partial charge in [-0.05, 0) is 56.4 Å². The maximum Gasteiger partial charge on any atom is 0.0669 e. The van der Waals surface area contributed by atoms with Gasteiger partial charge in [0.15, 0.2) is 0 Å². The van der Waals surface area contributed by atoms with Crippen molar-refractivity contribution in [3.8, 4) is 0 Å². The second kappa shape index (κ2) is 5.86. The SMILES string of the molecule is Cc1cc(SC2CCOC2C)ccc1CNC1CC1. The predicted octanol–water partition coefficient (Wildman–Crippen LogP) is 3.52. The van der Waals surface area contributed by atoms with Crippen LogP contribution in [0.2, 0.25) is 0 Å². The van der Waals surface area contributed by atoms with E-state index in [1.807, 2.05) is 11.8 Å². The standard InChI is InChI=1S/C16H23NOS/c1-11-9-15(19-16-7-8-18-12(16)2)6-3-13(11)10-17-14-4-5-14/h3,6,9,12,14,16-17H,4-5,7-8,10H2,1-2H3. The first-order valence-corrected chi connectivity index (χ1v) is 8.21. The van der Waals surface area contributed by atoms with E-state index >= 15 is 0 Å². The molecule has 2 atom stereocenters. The van der Waals surface area contributed by atoms with Gasteiger partial charge in [-0.3, -0.25) is 0 Å². The van der Waals surface area contributed by atoms with Gasteiger partial charge in [-0.1, -0.05) is 6.07 Å². The van der Waals surface area contributed by atoms with Crippen LogP contribution < -0.4 is 5.32 Å². The molecule has 1 saturated heterocycles. The van der Waals surface area contributed by atoms with Crippen molar-refractivity contribution in [3.05, 3.63) is 29.3 Å². The topological polar surface area (TPSA) is 21.3 Å². The summed E-state index contributed by atoms with van der Waals surface area (Å²) < 4.78 is 5.63. The van der Waals surface area contributed by atoms with E-state index in [2.05, 4.69) is 37.4 Å². The molecule has 1 N–H and O–H groups in total. The van der Waals surface area contributed by atoms with Crippen LogP contribution in [0.4, 0.5) is 0 Å². The highest BCUT2D eigenvalue weighted by Gasteiger charge is 2.25. The molecule has 0 spiro atoms. The summed E-state index contributed by atoms with van der Waals surface area (Å²) in [4.78, 5) is 1.38. The van der Waals surface area contributed by atoms with Gasteiger partial charge in [0, 0.05) is 29.3 Å². The van der Waals surface area contributed by atoms with Gasteiger partial charge in [0.2, 0.25) is 0 Å². The van der Waals surface area contributed by atoms with Crippen molar-refractivity contribution in [1.29, 1.82) is 0 Å². The van der Waals surface area contributed by atoms with Gasteiger partial charge in [-0.25, -0.2) is 0 Å². The molecule has 3 heteroatoms. The summed E-state index contributed by atoms with van der Waals surface area (Å²) >= 11 is 1.97. The largest absolute Gasteiger partial charge is 0.377 e. The Bertz CT molecular complexity index is 444. The molecule has 1 aliphatic carbocycles. The van der Waals surface area contributed by atoms with Gasteiger partial charge in [-0.2, -0.15) is 0 Å². The van der Waals surface area contributed by atoms with Gasteiger partial charge in [0.05, 0.1) is 6.10 Å². The van der Waals surface area contributed by atoms with Crippen LogP contribution in [-0.4, -0.2) is 24.0 Å². The second-order valence-electron chi connectivity index (χ2n) is 5.76. The highest BCUT2D eigenvalue weighted by Crippen LogP contribution is 2.33. The lowest BCUT2D eigenvalue weighted by Gasteiger charge is -2.15. The van der Waals surface area contributed by atoms with Crippen molar-refractivity contribution in [2.24, 2.45) is 0 Å². The molecule has 2 unspecified atom stereocenters. The molecular formula is C16H23NOS. The highest BCUT2D eigenvalue weighted by molar-refractivity contribution is 8.00.